The normalized spacial score (nSPS) is 17.1. The van der Waals surface area contributed by atoms with Crippen LogP contribution in [0.5, 0.6) is 5.75 Å². The summed E-state index contributed by atoms with van der Waals surface area (Å²) in [5.74, 6) is 0.235. The number of halogens is 4. The molecule has 3 nitrogen and oxygen atoms in total. The molecule has 1 saturated heterocycles. The van der Waals surface area contributed by atoms with E-state index in [1.54, 1.807) is 0 Å². The fourth-order valence-electron chi connectivity index (χ4n) is 1.75. The van der Waals surface area contributed by atoms with Gasteiger partial charge in [-0.05, 0) is 32.0 Å². The number of piperidine rings is 1. The average molecular weight is 283 g/mol. The van der Waals surface area contributed by atoms with Crippen LogP contribution < -0.4 is 10.1 Å². The minimum absolute atomic E-state index is 0. The van der Waals surface area contributed by atoms with Crippen molar-refractivity contribution in [3.8, 4) is 5.75 Å². The highest BCUT2D eigenvalue weighted by molar-refractivity contribution is 5.85. The highest BCUT2D eigenvalue weighted by Gasteiger charge is 2.32. The molecule has 0 atom stereocenters. The monoisotopic (exact) mass is 282 g/mol. The van der Waals surface area contributed by atoms with Crippen LogP contribution in [-0.2, 0) is 6.18 Å². The molecule has 0 saturated carbocycles. The Morgan fingerprint density at radius 2 is 1.94 bits per heavy atom. The summed E-state index contributed by atoms with van der Waals surface area (Å²) < 4.78 is 42.8. The summed E-state index contributed by atoms with van der Waals surface area (Å²) >= 11 is 0. The molecule has 0 radical (unpaired) electrons. The zero-order chi connectivity index (χ0) is 12.3. The predicted molar refractivity (Wildman–Crippen MR) is 63.0 cm³/mol. The minimum atomic E-state index is -4.42. The van der Waals surface area contributed by atoms with Crippen LogP contribution in [0.2, 0.25) is 0 Å². The van der Waals surface area contributed by atoms with Gasteiger partial charge in [0.2, 0.25) is 0 Å². The van der Waals surface area contributed by atoms with E-state index in [0.29, 0.717) is 0 Å². The Morgan fingerprint density at radius 1 is 1.28 bits per heavy atom. The zero-order valence-electron chi connectivity index (χ0n) is 9.54. The summed E-state index contributed by atoms with van der Waals surface area (Å²) in [6.07, 6.45) is -1.69. The number of ether oxygens (including phenoxy) is 1. The van der Waals surface area contributed by atoms with Gasteiger partial charge in [-0.3, -0.25) is 4.98 Å². The van der Waals surface area contributed by atoms with Crippen LogP contribution in [0.25, 0.3) is 0 Å². The lowest BCUT2D eigenvalue weighted by Crippen LogP contribution is -2.34. The van der Waals surface area contributed by atoms with Crippen LogP contribution >= 0.6 is 12.4 Å². The molecule has 1 N–H and O–H groups in total. The summed E-state index contributed by atoms with van der Waals surface area (Å²) in [6, 6.07) is 2.40. The molecular formula is C11H14ClF3N2O. The van der Waals surface area contributed by atoms with E-state index < -0.39 is 11.9 Å². The third kappa shape index (κ3) is 4.03. The van der Waals surface area contributed by atoms with Crippen molar-refractivity contribution in [2.75, 3.05) is 13.1 Å². The number of hydrogen-bond donors (Lipinski definition) is 1. The van der Waals surface area contributed by atoms with Crippen LogP contribution in [0, 0.1) is 0 Å². The Balaban J connectivity index is 0.00000162. The lowest BCUT2D eigenvalue weighted by molar-refractivity contribution is -0.141. The summed E-state index contributed by atoms with van der Waals surface area (Å²) in [6.45, 7) is 1.67. The number of hydrogen-bond acceptors (Lipinski definition) is 3. The molecule has 0 bridgehead atoms. The lowest BCUT2D eigenvalue weighted by Gasteiger charge is -2.24. The second-order valence-corrected chi connectivity index (χ2v) is 3.94. The molecule has 0 unspecified atom stereocenters. The van der Waals surface area contributed by atoms with Crippen LogP contribution in [-0.4, -0.2) is 24.2 Å². The molecular weight excluding hydrogens is 269 g/mol. The standard InChI is InChI=1S/C11H13F3N2O.ClH/c12-11(13,14)10-7-9(3-6-16-10)17-8-1-4-15-5-2-8;/h3,6-8,15H,1-2,4-5H2;1H. The maximum Gasteiger partial charge on any atom is 0.433 e. The lowest BCUT2D eigenvalue weighted by atomic mass is 10.1. The smallest absolute Gasteiger partial charge is 0.433 e. The first-order chi connectivity index (χ1) is 8.05. The third-order valence-electron chi connectivity index (χ3n) is 2.61. The van der Waals surface area contributed by atoms with Crippen molar-refractivity contribution in [1.29, 1.82) is 0 Å². The van der Waals surface area contributed by atoms with Crippen molar-refractivity contribution < 1.29 is 17.9 Å². The molecule has 0 amide bonds. The molecule has 102 valence electrons. The van der Waals surface area contributed by atoms with Gasteiger partial charge in [0.1, 0.15) is 17.5 Å². The van der Waals surface area contributed by atoms with Gasteiger partial charge >= 0.3 is 6.18 Å². The Morgan fingerprint density at radius 3 is 2.56 bits per heavy atom. The van der Waals surface area contributed by atoms with Gasteiger partial charge in [-0.25, -0.2) is 0 Å². The van der Waals surface area contributed by atoms with Gasteiger partial charge in [-0.1, -0.05) is 0 Å². The Hall–Kier alpha value is -1.01. The largest absolute Gasteiger partial charge is 0.490 e. The van der Waals surface area contributed by atoms with E-state index >= 15 is 0 Å². The second kappa shape index (κ2) is 6.24. The molecule has 1 fully saturated rings. The number of rotatable bonds is 2. The first-order valence-corrected chi connectivity index (χ1v) is 5.46. The van der Waals surface area contributed by atoms with Gasteiger partial charge < -0.3 is 10.1 Å². The fourth-order valence-corrected chi connectivity index (χ4v) is 1.75. The number of pyridine rings is 1. The number of aromatic nitrogens is 1. The molecule has 7 heteroatoms. The Kier molecular flexibility index (Phi) is 5.22. The Bertz CT molecular complexity index is 381. The van der Waals surface area contributed by atoms with Crippen molar-refractivity contribution >= 4 is 12.4 Å². The van der Waals surface area contributed by atoms with Gasteiger partial charge in [0, 0.05) is 12.3 Å². The Labute approximate surface area is 109 Å². The molecule has 0 aromatic carbocycles. The van der Waals surface area contributed by atoms with Crippen molar-refractivity contribution in [1.82, 2.24) is 10.3 Å². The van der Waals surface area contributed by atoms with E-state index in [9.17, 15) is 13.2 Å². The van der Waals surface area contributed by atoms with E-state index in [1.165, 1.54) is 6.07 Å². The predicted octanol–water partition coefficient (Wildman–Crippen LogP) is 2.65. The highest BCUT2D eigenvalue weighted by Crippen LogP contribution is 2.30. The van der Waals surface area contributed by atoms with Crippen molar-refractivity contribution in [3.63, 3.8) is 0 Å². The van der Waals surface area contributed by atoms with Gasteiger partial charge in [0.05, 0.1) is 0 Å². The van der Waals surface area contributed by atoms with E-state index in [2.05, 4.69) is 10.3 Å². The average Bonchev–Trinajstić information content (AvgIpc) is 2.29. The number of nitrogens with zero attached hydrogens (tertiary/aromatic N) is 1. The highest BCUT2D eigenvalue weighted by atomic mass is 35.5. The summed E-state index contributed by atoms with van der Waals surface area (Å²) in [7, 11) is 0. The topological polar surface area (TPSA) is 34.1 Å². The van der Waals surface area contributed by atoms with Crippen LogP contribution in [0.4, 0.5) is 13.2 Å². The minimum Gasteiger partial charge on any atom is -0.490 e. The SMILES string of the molecule is Cl.FC(F)(F)c1cc(OC2CCNCC2)ccn1. The molecule has 2 heterocycles. The van der Waals surface area contributed by atoms with E-state index in [4.69, 9.17) is 4.74 Å². The maximum atomic E-state index is 12.4. The van der Waals surface area contributed by atoms with Crippen molar-refractivity contribution in [3.05, 3.63) is 24.0 Å². The molecule has 0 aliphatic carbocycles. The molecule has 0 spiro atoms. The summed E-state index contributed by atoms with van der Waals surface area (Å²) in [5, 5.41) is 3.16. The first-order valence-electron chi connectivity index (χ1n) is 5.46. The number of alkyl halides is 3. The fraction of sp³-hybridized carbons (Fsp3) is 0.545. The molecule has 18 heavy (non-hydrogen) atoms. The van der Waals surface area contributed by atoms with Gasteiger partial charge in [-0.15, -0.1) is 12.4 Å². The number of nitrogens with one attached hydrogen (secondary N) is 1. The first kappa shape index (κ1) is 15.0. The summed E-state index contributed by atoms with van der Waals surface area (Å²) in [5.41, 5.74) is -0.913. The van der Waals surface area contributed by atoms with E-state index in [0.717, 1.165) is 38.2 Å². The van der Waals surface area contributed by atoms with Crippen molar-refractivity contribution in [2.45, 2.75) is 25.1 Å². The van der Waals surface area contributed by atoms with Crippen molar-refractivity contribution in [2.24, 2.45) is 0 Å². The van der Waals surface area contributed by atoms with Crippen LogP contribution in [0.1, 0.15) is 18.5 Å². The molecule has 1 aliphatic rings. The van der Waals surface area contributed by atoms with Crippen LogP contribution in [0.15, 0.2) is 18.3 Å². The zero-order valence-corrected chi connectivity index (χ0v) is 10.4. The molecule has 1 aromatic rings. The van der Waals surface area contributed by atoms with Crippen LogP contribution in [0.3, 0.4) is 0 Å². The summed E-state index contributed by atoms with van der Waals surface area (Å²) in [4.78, 5) is 3.29. The molecule has 1 aliphatic heterocycles. The maximum absolute atomic E-state index is 12.4. The quantitative estimate of drug-likeness (QED) is 0.905. The molecule has 1 aromatic heterocycles. The van der Waals surface area contributed by atoms with E-state index in [1.807, 2.05) is 0 Å². The van der Waals surface area contributed by atoms with Gasteiger partial charge in [0.15, 0.2) is 0 Å². The van der Waals surface area contributed by atoms with E-state index in [-0.39, 0.29) is 24.3 Å². The second-order valence-electron chi connectivity index (χ2n) is 3.94. The van der Waals surface area contributed by atoms with Gasteiger partial charge in [-0.2, -0.15) is 13.2 Å². The van der Waals surface area contributed by atoms with Gasteiger partial charge in [0.25, 0.3) is 0 Å². The third-order valence-corrected chi connectivity index (χ3v) is 2.61. The molecule has 2 rings (SSSR count).